The zero-order chi connectivity index (χ0) is 30.8. The number of likely N-dealkylation sites (tertiary alicyclic amines) is 1. The Kier molecular flexibility index (Phi) is 8.09. The Bertz CT molecular complexity index is 1770. The molecular weight excluding hydrogens is 569 g/mol. The molecule has 0 aliphatic carbocycles. The monoisotopic (exact) mass is 603 g/mol. The van der Waals surface area contributed by atoms with Gasteiger partial charge in [0.25, 0.3) is 0 Å². The van der Waals surface area contributed by atoms with Crippen molar-refractivity contribution >= 4 is 22.6 Å². The lowest BCUT2D eigenvalue weighted by molar-refractivity contribution is -0.0102. The van der Waals surface area contributed by atoms with Gasteiger partial charge in [0, 0.05) is 43.3 Å². The SMILES string of the molecule is COCCOc1ccn2c(-c3cc(-c4cnco4)c4cccc(OC5CCN(C(=O)OC(C)(C)C)CC5F)c4n3)cnc2c1. The number of nitrogens with zero attached hydrogens (tertiary/aromatic N) is 5. The summed E-state index contributed by atoms with van der Waals surface area (Å²) in [6.07, 6.45) is 4.19. The Labute approximate surface area is 253 Å². The van der Waals surface area contributed by atoms with E-state index in [4.69, 9.17) is 28.3 Å². The minimum Gasteiger partial charge on any atom is -0.491 e. The number of aromatic nitrogens is 4. The lowest BCUT2D eigenvalue weighted by atomic mass is 10.0. The minimum atomic E-state index is -1.41. The number of halogens is 1. The summed E-state index contributed by atoms with van der Waals surface area (Å²) in [4.78, 5) is 27.6. The molecule has 1 aromatic carbocycles. The number of para-hydroxylation sites is 1. The zero-order valence-electron chi connectivity index (χ0n) is 25.0. The van der Waals surface area contributed by atoms with Gasteiger partial charge in [-0.2, -0.15) is 0 Å². The number of carbonyl (C=O) groups is 1. The number of alkyl halides is 1. The van der Waals surface area contributed by atoms with Crippen LogP contribution in [0.4, 0.5) is 9.18 Å². The van der Waals surface area contributed by atoms with Crippen LogP contribution in [-0.2, 0) is 9.47 Å². The third-order valence-electron chi connectivity index (χ3n) is 7.22. The maximum absolute atomic E-state index is 15.4. The van der Waals surface area contributed by atoms with Crippen LogP contribution in [0.1, 0.15) is 27.2 Å². The van der Waals surface area contributed by atoms with Crippen LogP contribution in [0.15, 0.2) is 65.8 Å². The third-order valence-corrected chi connectivity index (χ3v) is 7.22. The highest BCUT2D eigenvalue weighted by Gasteiger charge is 2.35. The number of benzene rings is 1. The molecule has 2 atom stereocenters. The van der Waals surface area contributed by atoms with Crippen molar-refractivity contribution in [2.45, 2.75) is 45.1 Å². The average Bonchev–Trinajstić information content (AvgIpc) is 3.68. The van der Waals surface area contributed by atoms with Crippen molar-refractivity contribution in [1.29, 1.82) is 0 Å². The van der Waals surface area contributed by atoms with Crippen LogP contribution in [0.3, 0.4) is 0 Å². The molecule has 2 unspecified atom stereocenters. The Hall–Kier alpha value is -4.71. The van der Waals surface area contributed by atoms with E-state index in [1.807, 2.05) is 40.9 Å². The van der Waals surface area contributed by atoms with E-state index in [1.165, 1.54) is 11.3 Å². The van der Waals surface area contributed by atoms with Crippen LogP contribution in [0.25, 0.3) is 39.3 Å². The maximum Gasteiger partial charge on any atom is 0.410 e. The van der Waals surface area contributed by atoms with Crippen molar-refractivity contribution in [1.82, 2.24) is 24.3 Å². The summed E-state index contributed by atoms with van der Waals surface area (Å²) in [6, 6.07) is 11.1. The fourth-order valence-electron chi connectivity index (χ4n) is 5.16. The normalized spacial score (nSPS) is 17.2. The summed E-state index contributed by atoms with van der Waals surface area (Å²) in [5.41, 5.74) is 2.64. The lowest BCUT2D eigenvalue weighted by Crippen LogP contribution is -2.50. The molecule has 1 aliphatic rings. The molecule has 1 amide bonds. The molecule has 0 N–H and O–H groups in total. The summed E-state index contributed by atoms with van der Waals surface area (Å²) < 4.78 is 45.6. The highest BCUT2D eigenvalue weighted by atomic mass is 19.1. The Morgan fingerprint density at radius 2 is 2.02 bits per heavy atom. The van der Waals surface area contributed by atoms with Gasteiger partial charge in [0.05, 0.1) is 36.9 Å². The molecule has 0 saturated carbocycles. The standard InChI is InChI=1S/C32H34FN5O6/c1-32(2,3)44-31(39)37-10-9-26(23(33)18-37)43-27-7-5-6-21-22(28-17-34-19-42-28)15-24(36-30(21)27)25-16-35-29-14-20(8-11-38(25)29)41-13-12-40-4/h5-8,11,14-17,19,23,26H,9-10,12-13,18H2,1-4H3. The molecule has 11 nitrogen and oxygen atoms in total. The molecule has 0 bridgehead atoms. The van der Waals surface area contributed by atoms with Crippen LogP contribution >= 0.6 is 0 Å². The number of piperidine rings is 1. The molecule has 6 rings (SSSR count). The number of pyridine rings is 2. The van der Waals surface area contributed by atoms with Gasteiger partial charge < -0.3 is 28.3 Å². The number of hydrogen-bond donors (Lipinski definition) is 0. The topological polar surface area (TPSA) is 113 Å². The van der Waals surface area contributed by atoms with E-state index >= 15 is 4.39 Å². The van der Waals surface area contributed by atoms with Crippen LogP contribution in [-0.4, -0.2) is 81.6 Å². The van der Waals surface area contributed by atoms with Crippen LogP contribution in [0.5, 0.6) is 11.5 Å². The number of fused-ring (bicyclic) bond motifs is 2. The second kappa shape index (κ2) is 12.1. The summed E-state index contributed by atoms with van der Waals surface area (Å²) >= 11 is 0. The molecule has 5 heterocycles. The fourth-order valence-corrected chi connectivity index (χ4v) is 5.16. The van der Waals surface area contributed by atoms with Crippen molar-refractivity contribution in [2.24, 2.45) is 0 Å². The van der Waals surface area contributed by atoms with Crippen LogP contribution in [0.2, 0.25) is 0 Å². The molecule has 44 heavy (non-hydrogen) atoms. The first-order chi connectivity index (χ1) is 21.2. The first-order valence-corrected chi connectivity index (χ1v) is 14.4. The summed E-state index contributed by atoms with van der Waals surface area (Å²) in [5, 5.41) is 0.757. The van der Waals surface area contributed by atoms with E-state index in [9.17, 15) is 4.79 Å². The van der Waals surface area contributed by atoms with Gasteiger partial charge in [0.15, 0.2) is 18.3 Å². The number of methoxy groups -OCH3 is 1. The van der Waals surface area contributed by atoms with Gasteiger partial charge in [-0.15, -0.1) is 0 Å². The maximum atomic E-state index is 15.4. The van der Waals surface area contributed by atoms with Crippen molar-refractivity contribution < 1.29 is 32.5 Å². The molecule has 1 aliphatic heterocycles. The van der Waals surface area contributed by atoms with Crippen molar-refractivity contribution in [3.8, 4) is 34.2 Å². The van der Waals surface area contributed by atoms with Gasteiger partial charge in [0.1, 0.15) is 41.0 Å². The van der Waals surface area contributed by atoms with E-state index in [1.54, 1.807) is 46.3 Å². The average molecular weight is 604 g/mol. The van der Waals surface area contributed by atoms with Crippen molar-refractivity contribution in [3.63, 3.8) is 0 Å². The number of imidazole rings is 1. The number of carbonyl (C=O) groups excluding carboxylic acids is 1. The number of amides is 1. The molecule has 0 radical (unpaired) electrons. The van der Waals surface area contributed by atoms with Gasteiger partial charge in [-0.3, -0.25) is 4.40 Å². The van der Waals surface area contributed by atoms with E-state index in [0.29, 0.717) is 60.3 Å². The largest absolute Gasteiger partial charge is 0.491 e. The first kappa shape index (κ1) is 29.4. The van der Waals surface area contributed by atoms with Gasteiger partial charge in [-0.05, 0) is 39.0 Å². The summed E-state index contributed by atoms with van der Waals surface area (Å²) in [5.74, 6) is 1.65. The first-order valence-electron chi connectivity index (χ1n) is 14.4. The highest BCUT2D eigenvalue weighted by Crippen LogP contribution is 2.37. The number of oxazole rings is 1. The molecule has 1 saturated heterocycles. The molecule has 12 heteroatoms. The number of rotatable bonds is 8. The summed E-state index contributed by atoms with van der Waals surface area (Å²) in [7, 11) is 1.62. The molecule has 0 spiro atoms. The minimum absolute atomic E-state index is 0.120. The van der Waals surface area contributed by atoms with Crippen LogP contribution < -0.4 is 9.47 Å². The molecule has 1 fully saturated rings. The predicted molar refractivity (Wildman–Crippen MR) is 161 cm³/mol. The van der Waals surface area contributed by atoms with E-state index in [2.05, 4.69) is 9.97 Å². The van der Waals surface area contributed by atoms with Crippen molar-refractivity contribution in [3.05, 3.63) is 61.4 Å². The van der Waals surface area contributed by atoms with Gasteiger partial charge >= 0.3 is 6.09 Å². The highest BCUT2D eigenvalue weighted by molar-refractivity contribution is 5.98. The van der Waals surface area contributed by atoms with E-state index in [0.717, 1.165) is 16.6 Å². The van der Waals surface area contributed by atoms with Gasteiger partial charge in [0.2, 0.25) is 0 Å². The second-order valence-corrected chi connectivity index (χ2v) is 11.5. The molecule has 230 valence electrons. The Balaban J connectivity index is 1.34. The number of ether oxygens (including phenoxy) is 4. The smallest absolute Gasteiger partial charge is 0.410 e. The predicted octanol–water partition coefficient (Wildman–Crippen LogP) is 5.96. The van der Waals surface area contributed by atoms with Crippen molar-refractivity contribution in [2.75, 3.05) is 33.4 Å². The quantitative estimate of drug-likeness (QED) is 0.198. The summed E-state index contributed by atoms with van der Waals surface area (Å²) in [6.45, 7) is 6.45. The zero-order valence-corrected chi connectivity index (χ0v) is 25.0. The van der Waals surface area contributed by atoms with E-state index in [-0.39, 0.29) is 6.54 Å². The van der Waals surface area contributed by atoms with Gasteiger partial charge in [-0.1, -0.05) is 12.1 Å². The number of hydrogen-bond acceptors (Lipinski definition) is 9. The molecular formula is C32H34FN5O6. The Morgan fingerprint density at radius 1 is 1.16 bits per heavy atom. The van der Waals surface area contributed by atoms with E-state index < -0.39 is 24.0 Å². The fraction of sp³-hybridized carbons (Fsp3) is 0.375. The van der Waals surface area contributed by atoms with Crippen LogP contribution in [0, 0.1) is 0 Å². The second-order valence-electron chi connectivity index (χ2n) is 11.5. The van der Waals surface area contributed by atoms with Gasteiger partial charge in [-0.25, -0.2) is 24.1 Å². The lowest BCUT2D eigenvalue weighted by Gasteiger charge is -2.35. The molecule has 5 aromatic rings. The molecule has 4 aromatic heterocycles. The Morgan fingerprint density at radius 3 is 2.77 bits per heavy atom. The third kappa shape index (κ3) is 6.16.